The van der Waals surface area contributed by atoms with E-state index in [1.807, 2.05) is 12.1 Å². The molecule has 0 unspecified atom stereocenters. The molecule has 17 heavy (non-hydrogen) atoms. The number of hydrogen-bond acceptors (Lipinski definition) is 3. The van der Waals surface area contributed by atoms with Gasteiger partial charge in [0.05, 0.1) is 5.25 Å². The highest BCUT2D eigenvalue weighted by Gasteiger charge is 2.55. The van der Waals surface area contributed by atoms with E-state index in [1.54, 1.807) is 0 Å². The van der Waals surface area contributed by atoms with Crippen LogP contribution >= 0.6 is 0 Å². The van der Waals surface area contributed by atoms with Crippen LogP contribution < -0.4 is 5.73 Å². The van der Waals surface area contributed by atoms with E-state index in [1.165, 1.54) is 11.8 Å². The lowest BCUT2D eigenvalue weighted by molar-refractivity contribution is 0.597. The van der Waals surface area contributed by atoms with Crippen LogP contribution in [0.15, 0.2) is 24.3 Å². The lowest BCUT2D eigenvalue weighted by Gasteiger charge is -2.01. The van der Waals surface area contributed by atoms with Gasteiger partial charge in [-0.15, -0.1) is 0 Å². The van der Waals surface area contributed by atoms with Crippen LogP contribution in [0.4, 0.5) is 0 Å². The Kier molecular flexibility index (Phi) is 3.27. The number of nitrogens with two attached hydrogens (primary N) is 1. The second-order valence-corrected chi connectivity index (χ2v) is 7.02. The van der Waals surface area contributed by atoms with Gasteiger partial charge in [0.2, 0.25) is 0 Å². The van der Waals surface area contributed by atoms with Gasteiger partial charge in [0.15, 0.2) is 9.84 Å². The molecule has 3 nitrogen and oxygen atoms in total. The monoisotopic (exact) mass is 253 g/mol. The molecule has 0 radical (unpaired) electrons. The maximum absolute atomic E-state index is 11.6. The molecule has 1 aromatic rings. The second kappa shape index (κ2) is 4.42. The summed E-state index contributed by atoms with van der Waals surface area (Å²) in [6, 6.07) is 8.22. The molecule has 3 atom stereocenters. The molecule has 2 rings (SSSR count). The van der Waals surface area contributed by atoms with Gasteiger partial charge in [-0.2, -0.15) is 0 Å². The number of benzene rings is 1. The normalized spacial score (nSPS) is 28.1. The van der Waals surface area contributed by atoms with Crippen LogP contribution in [0.25, 0.3) is 0 Å². The van der Waals surface area contributed by atoms with Crippen molar-refractivity contribution in [3.8, 4) is 0 Å². The molecule has 1 fully saturated rings. The van der Waals surface area contributed by atoms with Crippen LogP contribution in [-0.4, -0.2) is 26.5 Å². The van der Waals surface area contributed by atoms with Crippen molar-refractivity contribution in [3.05, 3.63) is 35.4 Å². The average Bonchev–Trinajstić information content (AvgIpc) is 3.03. The lowest BCUT2D eigenvalue weighted by atomic mass is 10.1. The Hall–Kier alpha value is -0.870. The van der Waals surface area contributed by atoms with E-state index in [-0.39, 0.29) is 17.1 Å². The Bertz CT molecular complexity index is 493. The van der Waals surface area contributed by atoms with Crippen LogP contribution in [0.3, 0.4) is 0 Å². The fourth-order valence-corrected chi connectivity index (χ4v) is 4.34. The molecule has 4 heteroatoms. The molecular formula is C13H19NO2S. The Morgan fingerprint density at radius 1 is 1.24 bits per heavy atom. The predicted molar refractivity (Wildman–Crippen MR) is 69.7 cm³/mol. The van der Waals surface area contributed by atoms with Crippen molar-refractivity contribution in [1.82, 2.24) is 0 Å². The van der Waals surface area contributed by atoms with Crippen LogP contribution in [0.1, 0.15) is 24.0 Å². The van der Waals surface area contributed by atoms with E-state index in [9.17, 15) is 8.42 Å². The first-order valence-corrected chi connectivity index (χ1v) is 7.92. The van der Waals surface area contributed by atoms with Gasteiger partial charge in [-0.05, 0) is 30.0 Å². The summed E-state index contributed by atoms with van der Waals surface area (Å²) in [6.07, 6.45) is 2.31. The van der Waals surface area contributed by atoms with Crippen molar-refractivity contribution >= 4 is 9.84 Å². The summed E-state index contributed by atoms with van der Waals surface area (Å²) in [5.41, 5.74) is 8.02. The van der Waals surface area contributed by atoms with Crippen LogP contribution in [-0.2, 0) is 16.3 Å². The zero-order valence-corrected chi connectivity index (χ0v) is 11.1. The SMILES string of the molecule is CCc1ccc([C@@H]2[C@@H](CN)[C@H]2S(C)(=O)=O)cc1. The summed E-state index contributed by atoms with van der Waals surface area (Å²) in [5, 5.41) is -0.278. The first-order chi connectivity index (χ1) is 7.99. The van der Waals surface area contributed by atoms with Crippen molar-refractivity contribution in [2.45, 2.75) is 24.5 Å². The van der Waals surface area contributed by atoms with E-state index in [4.69, 9.17) is 5.73 Å². The molecule has 0 aliphatic heterocycles. The quantitative estimate of drug-likeness (QED) is 0.880. The largest absolute Gasteiger partial charge is 0.330 e. The van der Waals surface area contributed by atoms with Gasteiger partial charge in [0.1, 0.15) is 0 Å². The highest BCUT2D eigenvalue weighted by molar-refractivity contribution is 7.91. The van der Waals surface area contributed by atoms with Gasteiger partial charge in [-0.3, -0.25) is 0 Å². The molecule has 2 N–H and O–H groups in total. The molecule has 1 aliphatic carbocycles. The summed E-state index contributed by atoms with van der Waals surface area (Å²) in [7, 11) is -2.98. The first-order valence-electron chi connectivity index (χ1n) is 5.96. The van der Waals surface area contributed by atoms with Gasteiger partial charge in [-0.1, -0.05) is 31.2 Å². The van der Waals surface area contributed by atoms with Crippen LogP contribution in [0.5, 0.6) is 0 Å². The van der Waals surface area contributed by atoms with Crippen molar-refractivity contribution in [2.24, 2.45) is 11.7 Å². The fraction of sp³-hybridized carbons (Fsp3) is 0.538. The summed E-state index contributed by atoms with van der Waals surface area (Å²) >= 11 is 0. The van der Waals surface area contributed by atoms with E-state index in [0.717, 1.165) is 12.0 Å². The van der Waals surface area contributed by atoms with Gasteiger partial charge in [-0.25, -0.2) is 8.42 Å². The molecule has 0 spiro atoms. The Morgan fingerprint density at radius 2 is 1.82 bits per heavy atom. The minimum absolute atomic E-state index is 0.0949. The fourth-order valence-electron chi connectivity index (χ4n) is 2.62. The van der Waals surface area contributed by atoms with E-state index < -0.39 is 9.84 Å². The summed E-state index contributed by atoms with van der Waals surface area (Å²) < 4.78 is 23.2. The molecule has 1 aliphatic rings. The van der Waals surface area contributed by atoms with Gasteiger partial charge >= 0.3 is 0 Å². The van der Waals surface area contributed by atoms with E-state index in [0.29, 0.717) is 6.54 Å². The maximum Gasteiger partial charge on any atom is 0.151 e. The molecule has 94 valence electrons. The molecule has 0 heterocycles. The van der Waals surface area contributed by atoms with Gasteiger partial charge in [0, 0.05) is 12.2 Å². The minimum Gasteiger partial charge on any atom is -0.330 e. The molecular weight excluding hydrogens is 234 g/mol. The number of sulfone groups is 1. The topological polar surface area (TPSA) is 60.2 Å². The molecule has 1 aromatic carbocycles. The third-order valence-corrected chi connectivity index (χ3v) is 5.27. The third kappa shape index (κ3) is 2.38. The van der Waals surface area contributed by atoms with Crippen molar-refractivity contribution in [3.63, 3.8) is 0 Å². The predicted octanol–water partition coefficient (Wildman–Crippen LogP) is 1.33. The van der Waals surface area contributed by atoms with Crippen molar-refractivity contribution < 1.29 is 8.42 Å². The molecule has 0 saturated heterocycles. The lowest BCUT2D eigenvalue weighted by Crippen LogP contribution is -2.11. The van der Waals surface area contributed by atoms with Gasteiger partial charge in [0.25, 0.3) is 0 Å². The molecule has 1 saturated carbocycles. The summed E-state index contributed by atoms with van der Waals surface area (Å²) in [4.78, 5) is 0. The van der Waals surface area contributed by atoms with E-state index in [2.05, 4.69) is 19.1 Å². The number of aryl methyl sites for hydroxylation is 1. The van der Waals surface area contributed by atoms with E-state index >= 15 is 0 Å². The van der Waals surface area contributed by atoms with Crippen LogP contribution in [0, 0.1) is 5.92 Å². The molecule has 0 bridgehead atoms. The van der Waals surface area contributed by atoms with Crippen molar-refractivity contribution in [1.29, 1.82) is 0 Å². The van der Waals surface area contributed by atoms with Crippen LogP contribution in [0.2, 0.25) is 0 Å². The smallest absolute Gasteiger partial charge is 0.151 e. The number of rotatable bonds is 4. The molecule has 0 amide bonds. The van der Waals surface area contributed by atoms with Crippen molar-refractivity contribution in [2.75, 3.05) is 12.8 Å². The summed E-state index contributed by atoms with van der Waals surface area (Å²) in [5.74, 6) is 0.193. The summed E-state index contributed by atoms with van der Waals surface area (Å²) in [6.45, 7) is 2.55. The van der Waals surface area contributed by atoms with Gasteiger partial charge < -0.3 is 5.73 Å². The second-order valence-electron chi connectivity index (χ2n) is 4.81. The Balaban J connectivity index is 2.23. The average molecular weight is 253 g/mol. The Labute approximate surface area is 103 Å². The minimum atomic E-state index is -2.98. The first kappa shape index (κ1) is 12.6. The zero-order chi connectivity index (χ0) is 12.6. The highest BCUT2D eigenvalue weighted by atomic mass is 32.2. The maximum atomic E-state index is 11.6. The highest BCUT2D eigenvalue weighted by Crippen LogP contribution is 2.51. The standard InChI is InChI=1S/C13H19NO2S/c1-3-9-4-6-10(7-5-9)12-11(8-14)13(12)17(2,15)16/h4-7,11-13H,3,8,14H2,1-2H3/t11-,12-,13-/m1/s1. The number of hydrogen-bond donors (Lipinski definition) is 1. The Morgan fingerprint density at radius 3 is 2.18 bits per heavy atom. The third-order valence-electron chi connectivity index (χ3n) is 3.64. The zero-order valence-electron chi connectivity index (χ0n) is 10.3. The molecule has 0 aromatic heterocycles.